The Kier molecular flexibility index (Phi) is 7.26. The molecular weight excluding hydrogens is 548 g/mol. The van der Waals surface area contributed by atoms with Crippen molar-refractivity contribution in [3.05, 3.63) is 87.9 Å². The van der Waals surface area contributed by atoms with Crippen LogP contribution in [0.3, 0.4) is 0 Å². The molecule has 0 aliphatic carbocycles. The molecule has 10 heteroatoms. The van der Waals surface area contributed by atoms with Gasteiger partial charge in [0.1, 0.15) is 22.2 Å². The minimum Gasteiger partial charge on any atom is -0.426 e. The Morgan fingerprint density at radius 1 is 0.750 bits per heavy atom. The fourth-order valence-corrected chi connectivity index (χ4v) is 3.52. The van der Waals surface area contributed by atoms with Gasteiger partial charge in [0.2, 0.25) is 0 Å². The largest absolute Gasteiger partial charge is 0.426 e. The third-order valence-corrected chi connectivity index (χ3v) is 5.02. The summed E-state index contributed by atoms with van der Waals surface area (Å²) >= 11 is 6.65. The van der Waals surface area contributed by atoms with Crippen molar-refractivity contribution in [3.63, 3.8) is 0 Å². The molecule has 1 heterocycles. The van der Waals surface area contributed by atoms with Crippen LogP contribution in [0.5, 0.6) is 11.5 Å². The van der Waals surface area contributed by atoms with Gasteiger partial charge in [0.05, 0.1) is 0 Å². The first kappa shape index (κ1) is 23.4. The van der Waals surface area contributed by atoms with E-state index in [0.29, 0.717) is 20.1 Å². The van der Waals surface area contributed by atoms with Crippen LogP contribution in [-0.4, -0.2) is 21.9 Å². The number of hydrogen-bond donors (Lipinski definition) is 2. The van der Waals surface area contributed by atoms with Gasteiger partial charge < -0.3 is 19.4 Å². The number of esters is 2. The molecule has 2 aromatic carbocycles. The predicted octanol–water partition coefficient (Wildman–Crippen LogP) is 2.10. The average Bonchev–Trinajstić information content (AvgIpc) is 2.69. The lowest BCUT2D eigenvalue weighted by Gasteiger charge is -2.06. The molecule has 3 aromatic rings. The number of rotatable bonds is 4. The number of ether oxygens (including phenoxy) is 2. The predicted molar refractivity (Wildman–Crippen MR) is 125 cm³/mol. The van der Waals surface area contributed by atoms with Gasteiger partial charge in [-0.3, -0.25) is 19.2 Å². The first-order chi connectivity index (χ1) is 15.1. The van der Waals surface area contributed by atoms with E-state index < -0.39 is 23.1 Å². The van der Waals surface area contributed by atoms with Crippen molar-refractivity contribution in [1.29, 1.82) is 0 Å². The Bertz CT molecular complexity index is 1350. The van der Waals surface area contributed by atoms with Crippen molar-refractivity contribution in [2.45, 2.75) is 13.8 Å². The van der Waals surface area contributed by atoms with Crippen LogP contribution >= 0.6 is 31.9 Å². The van der Waals surface area contributed by atoms with Crippen molar-refractivity contribution in [3.8, 4) is 11.5 Å². The summed E-state index contributed by atoms with van der Waals surface area (Å²) in [6.45, 7) is 2.52. The Morgan fingerprint density at radius 2 is 1.12 bits per heavy atom. The van der Waals surface area contributed by atoms with Gasteiger partial charge >= 0.3 is 11.9 Å². The van der Waals surface area contributed by atoms with Gasteiger partial charge in [0.15, 0.2) is 0 Å². The molecule has 0 unspecified atom stereocenters. The maximum Gasteiger partial charge on any atom is 0.308 e. The van der Waals surface area contributed by atoms with Crippen molar-refractivity contribution >= 4 is 56.0 Å². The van der Waals surface area contributed by atoms with Gasteiger partial charge in [0, 0.05) is 33.9 Å². The molecule has 2 N–H and O–H groups in total. The van der Waals surface area contributed by atoms with Crippen LogP contribution in [0.25, 0.3) is 12.2 Å². The fraction of sp³-hybridized carbons (Fsp3) is 0.0909. The lowest BCUT2D eigenvalue weighted by atomic mass is 10.2. The first-order valence-corrected chi connectivity index (χ1v) is 10.7. The minimum atomic E-state index is -0.575. The topological polar surface area (TPSA) is 118 Å². The van der Waals surface area contributed by atoms with Crippen LogP contribution < -0.4 is 31.3 Å². The Balaban J connectivity index is 2.16. The van der Waals surface area contributed by atoms with Crippen LogP contribution in [0.2, 0.25) is 0 Å². The highest BCUT2D eigenvalue weighted by Gasteiger charge is 2.08. The number of halogens is 2. The summed E-state index contributed by atoms with van der Waals surface area (Å²) in [5.74, 6) is -0.577. The van der Waals surface area contributed by atoms with Gasteiger partial charge in [-0.05, 0) is 48.6 Å². The van der Waals surface area contributed by atoms with Crippen LogP contribution in [0.1, 0.15) is 25.0 Å². The normalized spacial score (nSPS) is 12.0. The van der Waals surface area contributed by atoms with Crippen molar-refractivity contribution < 1.29 is 19.1 Å². The molecule has 0 bridgehead atoms. The van der Waals surface area contributed by atoms with Crippen LogP contribution in [0.4, 0.5) is 0 Å². The number of aromatic amines is 2. The Labute approximate surface area is 197 Å². The minimum absolute atomic E-state index is 0.0342. The number of carbonyl (C=O) groups is 2. The Morgan fingerprint density at radius 3 is 1.47 bits per heavy atom. The second-order valence-electron chi connectivity index (χ2n) is 6.58. The van der Waals surface area contributed by atoms with Crippen LogP contribution in [0, 0.1) is 0 Å². The summed E-state index contributed by atoms with van der Waals surface area (Å²) < 4.78 is 11.7. The molecule has 8 nitrogen and oxygen atoms in total. The highest BCUT2D eigenvalue weighted by atomic mass is 79.9. The van der Waals surface area contributed by atoms with E-state index in [1.807, 2.05) is 0 Å². The summed E-state index contributed by atoms with van der Waals surface area (Å²) in [5, 5.41) is -0.0683. The quantitative estimate of drug-likeness (QED) is 0.371. The first-order valence-electron chi connectivity index (χ1n) is 9.14. The third-order valence-electron chi connectivity index (χ3n) is 4.04. The second kappa shape index (κ2) is 9.92. The molecule has 1 aromatic heterocycles. The molecule has 164 valence electrons. The van der Waals surface area contributed by atoms with Gasteiger partial charge in [-0.15, -0.1) is 0 Å². The number of carbonyl (C=O) groups excluding carboxylic acids is 2. The molecular formula is C22H16Br2N2O6. The van der Waals surface area contributed by atoms with E-state index in [9.17, 15) is 19.2 Å². The summed E-state index contributed by atoms with van der Waals surface area (Å²) in [6, 6.07) is 9.77. The molecule has 0 aliphatic rings. The van der Waals surface area contributed by atoms with E-state index in [-0.39, 0.29) is 22.2 Å². The van der Waals surface area contributed by atoms with Gasteiger partial charge in [-0.25, -0.2) is 0 Å². The van der Waals surface area contributed by atoms with E-state index in [0.717, 1.165) is 0 Å². The lowest BCUT2D eigenvalue weighted by molar-refractivity contribution is -0.132. The molecule has 0 saturated heterocycles. The van der Waals surface area contributed by atoms with E-state index in [1.54, 1.807) is 36.4 Å². The standard InChI is InChI=1S/C22H16Br2N2O6/c1-11(27)31-19-5-3-15(23)7-13(19)9-17-21(29)26-18(22(30)25-17)10-14-8-16(24)4-6-20(14)32-12(2)28/h3-10H,1-2H3,(H,25,30)(H,26,29). The maximum atomic E-state index is 12.6. The zero-order chi connectivity index (χ0) is 23.4. The van der Waals surface area contributed by atoms with E-state index >= 15 is 0 Å². The second-order valence-corrected chi connectivity index (χ2v) is 8.41. The van der Waals surface area contributed by atoms with Crippen molar-refractivity contribution in [2.24, 2.45) is 0 Å². The van der Waals surface area contributed by atoms with Gasteiger partial charge in [-0.2, -0.15) is 0 Å². The molecule has 0 atom stereocenters. The van der Waals surface area contributed by atoms with Crippen molar-refractivity contribution in [2.75, 3.05) is 0 Å². The zero-order valence-electron chi connectivity index (χ0n) is 16.8. The SMILES string of the molecule is CC(=O)Oc1ccc(Br)cc1C=c1[nH]c(=O)c(=Cc2cc(Br)ccc2OC(C)=O)[nH]c1=O. The fourth-order valence-electron chi connectivity index (χ4n) is 2.77. The van der Waals surface area contributed by atoms with E-state index in [2.05, 4.69) is 41.8 Å². The Hall–Kier alpha value is -3.24. The number of H-pyrrole nitrogens is 2. The summed E-state index contributed by atoms with van der Waals surface area (Å²) in [7, 11) is 0. The van der Waals surface area contributed by atoms with Crippen molar-refractivity contribution in [1.82, 2.24) is 9.97 Å². The monoisotopic (exact) mass is 562 g/mol. The number of hydrogen-bond acceptors (Lipinski definition) is 6. The molecule has 0 radical (unpaired) electrons. The van der Waals surface area contributed by atoms with Gasteiger partial charge in [0.25, 0.3) is 11.1 Å². The average molecular weight is 564 g/mol. The molecule has 0 aliphatic heterocycles. The molecule has 0 spiro atoms. The molecule has 0 amide bonds. The molecule has 32 heavy (non-hydrogen) atoms. The lowest BCUT2D eigenvalue weighted by Crippen LogP contribution is -2.46. The molecule has 0 fully saturated rings. The van der Waals surface area contributed by atoms with E-state index in [1.165, 1.54) is 26.0 Å². The number of aromatic nitrogens is 2. The molecule has 0 saturated carbocycles. The highest BCUT2D eigenvalue weighted by Crippen LogP contribution is 2.24. The summed E-state index contributed by atoms with van der Waals surface area (Å²) in [4.78, 5) is 53.0. The molecule has 3 rings (SSSR count). The van der Waals surface area contributed by atoms with Crippen LogP contribution in [0.15, 0.2) is 54.9 Å². The van der Waals surface area contributed by atoms with E-state index in [4.69, 9.17) is 9.47 Å². The zero-order valence-corrected chi connectivity index (χ0v) is 20.0. The highest BCUT2D eigenvalue weighted by molar-refractivity contribution is 9.10. The number of nitrogens with one attached hydrogen (secondary N) is 2. The van der Waals surface area contributed by atoms with Crippen LogP contribution in [-0.2, 0) is 9.59 Å². The smallest absolute Gasteiger partial charge is 0.308 e. The summed E-state index contributed by atoms with van der Waals surface area (Å²) in [6.07, 6.45) is 2.80. The third kappa shape index (κ3) is 5.92. The van der Waals surface area contributed by atoms with Gasteiger partial charge in [-0.1, -0.05) is 31.9 Å². The summed E-state index contributed by atoms with van der Waals surface area (Å²) in [5.41, 5.74) is -0.324. The maximum absolute atomic E-state index is 12.6. The number of benzene rings is 2.